The standard InChI is InChI=1S/C22H17N7O2/c1-13-4-3-5-16-18(13)26-22(25-17-12-23-10-11-24-21(17)30)29-20(16)27-19(28-29)14-6-8-15(31-2)9-7-14/h3-12H,1-2H3,(H,24,25,26,30). The van der Waals surface area contributed by atoms with Crippen LogP contribution in [0.3, 0.4) is 0 Å². The molecule has 0 aliphatic heterocycles. The lowest BCUT2D eigenvalue weighted by Crippen LogP contribution is -2.12. The SMILES string of the molecule is COc1ccc(-c2nc3c4cccc(C)c4nc(Nc4cnccnc4=O)n3n2)cc1. The van der Waals surface area contributed by atoms with Gasteiger partial charge in [-0.25, -0.2) is 15.0 Å². The fourth-order valence-electron chi connectivity index (χ4n) is 3.31. The molecule has 5 aromatic rings. The maximum absolute atomic E-state index is 12.3. The van der Waals surface area contributed by atoms with Crippen molar-refractivity contribution in [2.45, 2.75) is 6.92 Å². The number of nitrogens with zero attached hydrogens (tertiary/aromatic N) is 6. The van der Waals surface area contributed by atoms with E-state index in [9.17, 15) is 4.79 Å². The number of para-hydroxylation sites is 1. The summed E-state index contributed by atoms with van der Waals surface area (Å²) in [6, 6.07) is 13.4. The van der Waals surface area contributed by atoms with Crippen LogP contribution in [0.1, 0.15) is 5.56 Å². The smallest absolute Gasteiger partial charge is 0.295 e. The van der Waals surface area contributed by atoms with E-state index in [4.69, 9.17) is 14.7 Å². The van der Waals surface area contributed by atoms with E-state index in [0.29, 0.717) is 17.4 Å². The lowest BCUT2D eigenvalue weighted by atomic mass is 10.1. The Morgan fingerprint density at radius 3 is 2.68 bits per heavy atom. The predicted molar refractivity (Wildman–Crippen MR) is 117 cm³/mol. The molecule has 0 radical (unpaired) electrons. The van der Waals surface area contributed by atoms with Gasteiger partial charge in [-0.2, -0.15) is 4.52 Å². The van der Waals surface area contributed by atoms with Crippen LogP contribution < -0.4 is 15.6 Å². The maximum atomic E-state index is 12.3. The van der Waals surface area contributed by atoms with Crippen LogP contribution in [0.25, 0.3) is 27.9 Å². The van der Waals surface area contributed by atoms with Crippen molar-refractivity contribution in [1.82, 2.24) is 29.5 Å². The molecular formula is C22H17N7O2. The summed E-state index contributed by atoms with van der Waals surface area (Å²) in [7, 11) is 1.62. The van der Waals surface area contributed by atoms with E-state index in [1.54, 1.807) is 11.6 Å². The predicted octanol–water partition coefficient (Wildman–Crippen LogP) is 3.16. The molecule has 0 saturated carbocycles. The van der Waals surface area contributed by atoms with Gasteiger partial charge in [-0.05, 0) is 42.8 Å². The van der Waals surface area contributed by atoms with Gasteiger partial charge in [-0.1, -0.05) is 12.1 Å². The Hall–Kier alpha value is -4.40. The highest BCUT2D eigenvalue weighted by atomic mass is 16.5. The van der Waals surface area contributed by atoms with Crippen LogP contribution in [0.5, 0.6) is 5.75 Å². The highest BCUT2D eigenvalue weighted by Crippen LogP contribution is 2.27. The normalized spacial score (nSPS) is 11.0. The Labute approximate surface area is 176 Å². The summed E-state index contributed by atoms with van der Waals surface area (Å²) < 4.78 is 6.82. The van der Waals surface area contributed by atoms with E-state index in [-0.39, 0.29) is 5.69 Å². The number of aryl methyl sites for hydroxylation is 1. The zero-order valence-corrected chi connectivity index (χ0v) is 16.8. The Kier molecular flexibility index (Phi) is 4.47. The van der Waals surface area contributed by atoms with Crippen LogP contribution in [0.15, 0.2) is 65.8 Å². The van der Waals surface area contributed by atoms with Crippen molar-refractivity contribution in [2.75, 3.05) is 12.4 Å². The first-order chi connectivity index (χ1) is 15.1. The highest BCUT2D eigenvalue weighted by molar-refractivity contribution is 5.95. The molecule has 5 rings (SSSR count). The zero-order valence-electron chi connectivity index (χ0n) is 16.8. The van der Waals surface area contributed by atoms with Crippen LogP contribution in [0.4, 0.5) is 11.6 Å². The van der Waals surface area contributed by atoms with Gasteiger partial charge in [-0.3, -0.25) is 9.78 Å². The van der Waals surface area contributed by atoms with E-state index < -0.39 is 5.56 Å². The molecule has 9 heteroatoms. The molecule has 0 unspecified atom stereocenters. The number of anilines is 2. The van der Waals surface area contributed by atoms with Crippen molar-refractivity contribution in [3.05, 3.63) is 77.0 Å². The van der Waals surface area contributed by atoms with Gasteiger partial charge in [-0.15, -0.1) is 5.10 Å². The summed E-state index contributed by atoms with van der Waals surface area (Å²) in [5.41, 5.74) is 2.93. The molecular weight excluding hydrogens is 394 g/mol. The molecule has 0 amide bonds. The summed E-state index contributed by atoms with van der Waals surface area (Å²) in [4.78, 5) is 29.6. The molecule has 0 bridgehead atoms. The molecule has 1 N–H and O–H groups in total. The summed E-state index contributed by atoms with van der Waals surface area (Å²) in [6.45, 7) is 1.97. The summed E-state index contributed by atoms with van der Waals surface area (Å²) in [5, 5.41) is 8.54. The van der Waals surface area contributed by atoms with Gasteiger partial charge < -0.3 is 10.1 Å². The Morgan fingerprint density at radius 1 is 1.03 bits per heavy atom. The van der Waals surface area contributed by atoms with Crippen LogP contribution in [0, 0.1) is 6.92 Å². The minimum Gasteiger partial charge on any atom is -0.497 e. The molecule has 0 atom stereocenters. The Bertz CT molecular complexity index is 1480. The van der Waals surface area contributed by atoms with E-state index in [1.807, 2.05) is 49.4 Å². The molecule has 0 spiro atoms. The molecule has 0 fully saturated rings. The fourth-order valence-corrected chi connectivity index (χ4v) is 3.31. The number of fused-ring (bicyclic) bond motifs is 3. The van der Waals surface area contributed by atoms with E-state index in [2.05, 4.69) is 20.4 Å². The highest BCUT2D eigenvalue weighted by Gasteiger charge is 2.16. The van der Waals surface area contributed by atoms with E-state index in [0.717, 1.165) is 27.8 Å². The summed E-state index contributed by atoms with van der Waals surface area (Å²) >= 11 is 0. The van der Waals surface area contributed by atoms with Crippen LogP contribution in [-0.4, -0.2) is 36.7 Å². The van der Waals surface area contributed by atoms with Gasteiger partial charge in [0.15, 0.2) is 11.5 Å². The molecule has 9 nitrogen and oxygen atoms in total. The van der Waals surface area contributed by atoms with Crippen LogP contribution in [-0.2, 0) is 0 Å². The molecule has 2 aromatic carbocycles. The quantitative estimate of drug-likeness (QED) is 0.481. The van der Waals surface area contributed by atoms with Gasteiger partial charge in [0.05, 0.1) is 18.8 Å². The lowest BCUT2D eigenvalue weighted by molar-refractivity contribution is 0.415. The van der Waals surface area contributed by atoms with E-state index >= 15 is 0 Å². The number of nitrogens with one attached hydrogen (secondary N) is 1. The average molecular weight is 411 g/mol. The van der Waals surface area contributed by atoms with Crippen molar-refractivity contribution in [1.29, 1.82) is 0 Å². The van der Waals surface area contributed by atoms with Crippen LogP contribution in [0.2, 0.25) is 0 Å². The van der Waals surface area contributed by atoms with E-state index in [1.165, 1.54) is 18.6 Å². The summed E-state index contributed by atoms with van der Waals surface area (Å²) in [5.74, 6) is 1.62. The number of hydrogen-bond donors (Lipinski definition) is 1. The summed E-state index contributed by atoms with van der Waals surface area (Å²) in [6.07, 6.45) is 4.20. The second-order valence-corrected chi connectivity index (χ2v) is 6.86. The van der Waals surface area contributed by atoms with Crippen molar-refractivity contribution >= 4 is 28.2 Å². The average Bonchev–Trinajstić information content (AvgIpc) is 3.15. The van der Waals surface area contributed by atoms with Gasteiger partial charge >= 0.3 is 0 Å². The lowest BCUT2D eigenvalue weighted by Gasteiger charge is -2.08. The number of aromatic nitrogens is 6. The third kappa shape index (κ3) is 3.31. The largest absolute Gasteiger partial charge is 0.497 e. The Morgan fingerprint density at radius 2 is 1.87 bits per heavy atom. The van der Waals surface area contributed by atoms with Gasteiger partial charge in [0.1, 0.15) is 11.4 Å². The first kappa shape index (κ1) is 18.6. The van der Waals surface area contributed by atoms with Crippen molar-refractivity contribution in [3.8, 4) is 17.1 Å². The minimum atomic E-state index is -0.451. The first-order valence-corrected chi connectivity index (χ1v) is 9.52. The monoisotopic (exact) mass is 411 g/mol. The second kappa shape index (κ2) is 7.45. The number of benzene rings is 2. The molecule has 152 valence electrons. The molecule has 3 heterocycles. The third-order valence-electron chi connectivity index (χ3n) is 4.88. The van der Waals surface area contributed by atoms with Crippen molar-refractivity contribution in [3.63, 3.8) is 0 Å². The van der Waals surface area contributed by atoms with Gasteiger partial charge in [0.2, 0.25) is 5.95 Å². The van der Waals surface area contributed by atoms with Gasteiger partial charge in [0.25, 0.3) is 5.56 Å². The van der Waals surface area contributed by atoms with Crippen LogP contribution >= 0.6 is 0 Å². The number of hydrogen-bond acceptors (Lipinski definition) is 8. The molecule has 31 heavy (non-hydrogen) atoms. The fraction of sp³-hybridized carbons (Fsp3) is 0.0909. The third-order valence-corrected chi connectivity index (χ3v) is 4.88. The number of ether oxygens (including phenoxy) is 1. The van der Waals surface area contributed by atoms with Crippen molar-refractivity contribution < 1.29 is 4.74 Å². The molecule has 0 saturated heterocycles. The molecule has 3 aromatic heterocycles. The molecule has 0 aliphatic rings. The second-order valence-electron chi connectivity index (χ2n) is 6.86. The first-order valence-electron chi connectivity index (χ1n) is 9.52. The zero-order chi connectivity index (χ0) is 21.4. The minimum absolute atomic E-state index is 0.188. The van der Waals surface area contributed by atoms with Crippen molar-refractivity contribution in [2.24, 2.45) is 0 Å². The van der Waals surface area contributed by atoms with Gasteiger partial charge in [0, 0.05) is 23.3 Å². The number of rotatable bonds is 4. The maximum Gasteiger partial charge on any atom is 0.295 e. The topological polar surface area (TPSA) is 107 Å². The molecule has 0 aliphatic carbocycles. The Balaban J connectivity index is 1.75. The number of methoxy groups -OCH3 is 1.